The number of rotatable bonds is 5. The summed E-state index contributed by atoms with van der Waals surface area (Å²) < 4.78 is 0.697. The van der Waals surface area contributed by atoms with Gasteiger partial charge < -0.3 is 10.2 Å². The first-order valence-corrected chi connectivity index (χ1v) is 9.98. The lowest BCUT2D eigenvalue weighted by Gasteiger charge is -2.21. The topological polar surface area (TPSA) is 50.7 Å². The van der Waals surface area contributed by atoms with Crippen molar-refractivity contribution in [2.45, 2.75) is 52.1 Å². The summed E-state index contributed by atoms with van der Waals surface area (Å²) in [5.41, 5.74) is 3.93. The van der Waals surface area contributed by atoms with E-state index < -0.39 is 6.10 Å². The van der Waals surface area contributed by atoms with Gasteiger partial charge >= 0.3 is 0 Å². The van der Waals surface area contributed by atoms with Crippen LogP contribution >= 0.6 is 22.9 Å². The van der Waals surface area contributed by atoms with E-state index in [2.05, 4.69) is 50.3 Å². The highest BCUT2D eigenvalue weighted by atomic mass is 35.5. The summed E-state index contributed by atoms with van der Waals surface area (Å²) in [6, 6.07) is 9.91. The molecule has 1 aliphatic rings. The first-order chi connectivity index (χ1) is 12.4. The van der Waals surface area contributed by atoms with Gasteiger partial charge in [-0.05, 0) is 35.1 Å². The third-order valence-corrected chi connectivity index (χ3v) is 5.72. The van der Waals surface area contributed by atoms with Crippen LogP contribution in [-0.4, -0.2) is 17.7 Å². The average molecular weight is 391 g/mol. The average Bonchev–Trinajstić information content (AvgIpc) is 3.23. The highest BCUT2D eigenvalue weighted by molar-refractivity contribution is 7.18. The van der Waals surface area contributed by atoms with Crippen molar-refractivity contribution in [3.05, 3.63) is 50.7 Å². The minimum atomic E-state index is -0.619. The molecular weight excluding hydrogens is 368 g/mol. The van der Waals surface area contributed by atoms with Gasteiger partial charge in [0.2, 0.25) is 6.10 Å². The number of benzene rings is 1. The Hall–Kier alpha value is -1.85. The Kier molecular flexibility index (Phi) is 5.68. The number of oxime groups is 1. The molecule has 1 atom stereocenters. The number of halogens is 1. The molecule has 0 saturated heterocycles. The summed E-state index contributed by atoms with van der Waals surface area (Å²) in [5, 5.41) is 7.19. The second-order valence-electron chi connectivity index (χ2n) is 7.05. The first-order valence-electron chi connectivity index (χ1n) is 8.79. The standard InChI is InChI=1S/C20H23ClN2O2S/c1-11(2)13-6-5-7-14(12(3)4)19(13)22-20(24)16-10-15(23-25-16)17-8-9-18(21)26-17/h5-9,11-12,16H,10H2,1-4H3,(H,22,24). The molecule has 138 valence electrons. The molecule has 2 heterocycles. The number of hydrogen-bond donors (Lipinski definition) is 1. The molecule has 0 bridgehead atoms. The minimum Gasteiger partial charge on any atom is -0.382 e. The van der Waals surface area contributed by atoms with E-state index in [1.54, 1.807) is 0 Å². The molecule has 2 aromatic rings. The van der Waals surface area contributed by atoms with Crippen LogP contribution in [0.5, 0.6) is 0 Å². The van der Waals surface area contributed by atoms with Gasteiger partial charge in [-0.2, -0.15) is 0 Å². The van der Waals surface area contributed by atoms with Gasteiger partial charge in [0.15, 0.2) is 0 Å². The Morgan fingerprint density at radius 2 is 1.85 bits per heavy atom. The molecule has 0 aliphatic carbocycles. The smallest absolute Gasteiger partial charge is 0.268 e. The zero-order valence-electron chi connectivity index (χ0n) is 15.4. The Balaban J connectivity index is 1.77. The van der Waals surface area contributed by atoms with E-state index >= 15 is 0 Å². The predicted octanol–water partition coefficient (Wildman–Crippen LogP) is 5.78. The quantitative estimate of drug-likeness (QED) is 0.703. The van der Waals surface area contributed by atoms with Crippen molar-refractivity contribution in [1.29, 1.82) is 0 Å². The zero-order chi connectivity index (χ0) is 18.8. The van der Waals surface area contributed by atoms with Crippen LogP contribution in [0.25, 0.3) is 0 Å². The zero-order valence-corrected chi connectivity index (χ0v) is 16.9. The Labute approximate surface area is 163 Å². The Morgan fingerprint density at radius 1 is 1.19 bits per heavy atom. The van der Waals surface area contributed by atoms with E-state index in [1.165, 1.54) is 11.3 Å². The number of hydrogen-bond acceptors (Lipinski definition) is 4. The molecule has 1 N–H and O–H groups in total. The van der Waals surface area contributed by atoms with Crippen LogP contribution in [-0.2, 0) is 9.63 Å². The monoisotopic (exact) mass is 390 g/mol. The molecule has 6 heteroatoms. The van der Waals surface area contributed by atoms with Gasteiger partial charge in [-0.1, -0.05) is 62.7 Å². The molecule has 0 saturated carbocycles. The van der Waals surface area contributed by atoms with Crippen LogP contribution in [0, 0.1) is 0 Å². The number of carbonyl (C=O) groups is 1. The Bertz CT molecular complexity index is 816. The third kappa shape index (κ3) is 3.94. The predicted molar refractivity (Wildman–Crippen MR) is 109 cm³/mol. The van der Waals surface area contributed by atoms with Gasteiger partial charge in [-0.3, -0.25) is 4.79 Å². The van der Waals surface area contributed by atoms with Crippen LogP contribution < -0.4 is 5.32 Å². The van der Waals surface area contributed by atoms with Gasteiger partial charge in [0, 0.05) is 12.1 Å². The summed E-state index contributed by atoms with van der Waals surface area (Å²) in [6.45, 7) is 8.51. The number of nitrogens with zero attached hydrogens (tertiary/aromatic N) is 1. The highest BCUT2D eigenvalue weighted by Crippen LogP contribution is 2.33. The summed E-state index contributed by atoms with van der Waals surface area (Å²) in [4.78, 5) is 19.2. The van der Waals surface area contributed by atoms with Crippen molar-refractivity contribution < 1.29 is 9.63 Å². The summed E-state index contributed by atoms with van der Waals surface area (Å²) in [6.07, 6.45) is -0.171. The van der Waals surface area contributed by atoms with Crippen molar-refractivity contribution in [2.24, 2.45) is 5.16 Å². The number of carbonyl (C=O) groups excluding carboxylic acids is 1. The molecular formula is C20H23ClN2O2S. The molecule has 1 aromatic heterocycles. The van der Waals surface area contributed by atoms with Crippen molar-refractivity contribution in [1.82, 2.24) is 0 Å². The minimum absolute atomic E-state index is 0.165. The van der Waals surface area contributed by atoms with Crippen LogP contribution in [0.15, 0.2) is 35.5 Å². The van der Waals surface area contributed by atoms with E-state index in [9.17, 15) is 4.79 Å². The number of thiophene rings is 1. The fourth-order valence-corrected chi connectivity index (χ4v) is 4.07. The van der Waals surface area contributed by atoms with Gasteiger partial charge in [-0.25, -0.2) is 0 Å². The largest absolute Gasteiger partial charge is 0.382 e. The van der Waals surface area contributed by atoms with Crippen molar-refractivity contribution >= 4 is 40.2 Å². The van der Waals surface area contributed by atoms with Crippen molar-refractivity contribution in [3.63, 3.8) is 0 Å². The van der Waals surface area contributed by atoms with E-state index in [4.69, 9.17) is 16.4 Å². The molecule has 1 aliphatic heterocycles. The summed E-state index contributed by atoms with van der Waals surface area (Å²) >= 11 is 7.42. The number of anilines is 1. The first kappa shape index (κ1) is 18.9. The van der Waals surface area contributed by atoms with Crippen LogP contribution in [0.3, 0.4) is 0 Å². The van der Waals surface area contributed by atoms with Crippen molar-refractivity contribution in [3.8, 4) is 0 Å². The number of nitrogens with one attached hydrogen (secondary N) is 1. The van der Waals surface area contributed by atoms with Crippen LogP contribution in [0.1, 0.15) is 62.0 Å². The van der Waals surface area contributed by atoms with Crippen LogP contribution in [0.2, 0.25) is 4.34 Å². The molecule has 1 aromatic carbocycles. The van der Waals surface area contributed by atoms with Gasteiger partial charge in [0.1, 0.15) is 5.71 Å². The summed E-state index contributed by atoms with van der Waals surface area (Å²) in [7, 11) is 0. The van der Waals surface area contributed by atoms with Crippen molar-refractivity contribution in [2.75, 3.05) is 5.32 Å². The maximum atomic E-state index is 12.8. The van der Waals surface area contributed by atoms with Gasteiger partial charge in [-0.15, -0.1) is 11.3 Å². The van der Waals surface area contributed by atoms with E-state index in [1.807, 2.05) is 18.2 Å². The summed E-state index contributed by atoms with van der Waals surface area (Å²) in [5.74, 6) is 0.462. The molecule has 1 unspecified atom stereocenters. The molecule has 0 radical (unpaired) electrons. The third-order valence-electron chi connectivity index (χ3n) is 4.44. The van der Waals surface area contributed by atoms with E-state index in [-0.39, 0.29) is 5.91 Å². The lowest BCUT2D eigenvalue weighted by molar-refractivity contribution is -0.125. The second-order valence-corrected chi connectivity index (χ2v) is 8.77. The molecule has 0 fully saturated rings. The molecule has 4 nitrogen and oxygen atoms in total. The number of amides is 1. The fourth-order valence-electron chi connectivity index (χ4n) is 3.03. The van der Waals surface area contributed by atoms with E-state index in [0.717, 1.165) is 27.4 Å². The van der Waals surface area contributed by atoms with Crippen LogP contribution in [0.4, 0.5) is 5.69 Å². The maximum absolute atomic E-state index is 12.8. The SMILES string of the molecule is CC(C)c1cccc(C(C)C)c1NC(=O)C1CC(c2ccc(Cl)s2)=NO1. The lowest BCUT2D eigenvalue weighted by atomic mass is 9.92. The second kappa shape index (κ2) is 7.80. The molecule has 26 heavy (non-hydrogen) atoms. The normalized spacial score (nSPS) is 16.7. The van der Waals surface area contributed by atoms with E-state index in [0.29, 0.717) is 22.6 Å². The highest BCUT2D eigenvalue weighted by Gasteiger charge is 2.30. The van der Waals surface area contributed by atoms with Gasteiger partial charge in [0.25, 0.3) is 5.91 Å². The maximum Gasteiger partial charge on any atom is 0.268 e. The molecule has 1 amide bonds. The molecule has 3 rings (SSSR count). The lowest BCUT2D eigenvalue weighted by Crippen LogP contribution is -2.29. The van der Waals surface area contributed by atoms with Gasteiger partial charge in [0.05, 0.1) is 9.21 Å². The molecule has 0 spiro atoms. The fraction of sp³-hybridized carbons (Fsp3) is 0.400. The number of para-hydroxylation sites is 1. The Morgan fingerprint density at radius 3 is 2.38 bits per heavy atom.